The molecule has 0 spiro atoms. The van der Waals surface area contributed by atoms with Gasteiger partial charge in [-0.05, 0) is 18.2 Å². The van der Waals surface area contributed by atoms with Crippen LogP contribution in [0.1, 0.15) is 0 Å². The Morgan fingerprint density at radius 1 is 0.607 bits per heavy atom. The lowest BCUT2D eigenvalue weighted by Gasteiger charge is -2.14. The topological polar surface area (TPSA) is 156 Å². The van der Waals surface area contributed by atoms with Crippen molar-refractivity contribution in [3.63, 3.8) is 0 Å². The highest BCUT2D eigenvalue weighted by molar-refractivity contribution is 7.91. The minimum atomic E-state index is -3.58. The Bertz CT molecular complexity index is 1180. The van der Waals surface area contributed by atoms with Crippen molar-refractivity contribution < 1.29 is 25.3 Å². The summed E-state index contributed by atoms with van der Waals surface area (Å²) in [5.41, 5.74) is 0. The normalized spacial score (nSPS) is 13.3. The van der Waals surface area contributed by atoms with E-state index in [2.05, 4.69) is 15.3 Å². The fourth-order valence-electron chi connectivity index (χ4n) is 2.16. The van der Waals surface area contributed by atoms with Crippen LogP contribution in [-0.4, -0.2) is 81.6 Å². The number of hydrogen-bond donors (Lipinski definition) is 0. The van der Waals surface area contributed by atoms with Crippen LogP contribution < -0.4 is 0 Å². The molecule has 0 N–H and O–H groups in total. The third-order valence-corrected chi connectivity index (χ3v) is 8.36. The first-order valence-corrected chi connectivity index (χ1v) is 14.4. The average Bonchev–Trinajstić information content (AvgIpc) is 3.26. The van der Waals surface area contributed by atoms with E-state index in [9.17, 15) is 25.3 Å². The van der Waals surface area contributed by atoms with E-state index in [-0.39, 0.29) is 15.1 Å². The van der Waals surface area contributed by atoms with E-state index in [1.165, 1.54) is 49.8 Å². The van der Waals surface area contributed by atoms with Gasteiger partial charge in [-0.2, -0.15) is 15.3 Å². The van der Waals surface area contributed by atoms with Crippen LogP contribution in [0.15, 0.2) is 51.9 Å². The van der Waals surface area contributed by atoms with Crippen molar-refractivity contribution in [2.75, 3.05) is 18.8 Å². The molecule has 3 aromatic heterocycles. The quantitative estimate of drug-likeness (QED) is 0.393. The fourth-order valence-corrected chi connectivity index (χ4v) is 5.86. The average molecular weight is 464 g/mol. The van der Waals surface area contributed by atoms with E-state index in [0.29, 0.717) is 0 Å². The van der Waals surface area contributed by atoms with Gasteiger partial charge in [-0.1, -0.05) is 0 Å². The number of nitrogens with zero attached hydrogens (tertiary/aromatic N) is 6. The molecule has 1 radical (unpaired) electrons. The molecule has 0 amide bonds. The maximum atomic E-state index is 11.7. The molecule has 0 aliphatic heterocycles. The zero-order valence-electron chi connectivity index (χ0n) is 14.8. The van der Waals surface area contributed by atoms with Crippen molar-refractivity contribution in [3.8, 4) is 0 Å². The first-order chi connectivity index (χ1) is 12.8. The third kappa shape index (κ3) is 4.08. The predicted molar refractivity (Wildman–Crippen MR) is 98.0 cm³/mol. The molecule has 0 aliphatic carbocycles. The summed E-state index contributed by atoms with van der Waals surface area (Å²) in [6.07, 6.45) is 7.14. The Balaban J connectivity index is 2.18. The summed E-state index contributed by atoms with van der Waals surface area (Å²) in [6.45, 7) is 0. The minimum Gasteiger partial charge on any atom is -0.255 e. The van der Waals surface area contributed by atoms with E-state index in [1.54, 1.807) is 0 Å². The zero-order chi connectivity index (χ0) is 20.9. The second-order valence-electron chi connectivity index (χ2n) is 5.91. The molecule has 12 nitrogen and oxygen atoms in total. The summed E-state index contributed by atoms with van der Waals surface area (Å²) in [7, 11) is -13.1. The van der Waals surface area contributed by atoms with Crippen LogP contribution in [0.5, 0.6) is 0 Å². The van der Waals surface area contributed by atoms with Gasteiger partial charge in [0.15, 0.2) is 44.6 Å². The van der Waals surface area contributed by atoms with Gasteiger partial charge in [-0.25, -0.2) is 25.3 Å². The molecular weight excluding hydrogens is 448 g/mol. The summed E-state index contributed by atoms with van der Waals surface area (Å²) >= 11 is 0. The van der Waals surface area contributed by atoms with Crippen molar-refractivity contribution >= 4 is 38.8 Å². The second-order valence-corrected chi connectivity index (χ2v) is 13.8. The molecule has 0 fully saturated rings. The highest BCUT2D eigenvalue weighted by atomic mass is 32.2. The summed E-state index contributed by atoms with van der Waals surface area (Å²) in [5.74, 6) is 0. The molecule has 3 aromatic rings. The number of sulfone groups is 3. The lowest BCUT2D eigenvalue weighted by molar-refractivity contribution is 0.596. The van der Waals surface area contributed by atoms with Gasteiger partial charge in [0.2, 0.25) is 0 Å². The summed E-state index contributed by atoms with van der Waals surface area (Å²) in [5, 5.41) is 11.5. The Kier molecular flexibility index (Phi) is 4.85. The zero-order valence-corrected chi connectivity index (χ0v) is 18.3. The van der Waals surface area contributed by atoms with Crippen LogP contribution >= 0.6 is 0 Å². The molecule has 0 aromatic carbocycles. The Labute approximate surface area is 163 Å². The first-order valence-electron chi connectivity index (χ1n) is 7.42. The molecule has 3 heterocycles. The molecule has 0 saturated carbocycles. The van der Waals surface area contributed by atoms with E-state index >= 15 is 0 Å². The van der Waals surface area contributed by atoms with Gasteiger partial charge in [-0.15, -0.1) is 0 Å². The van der Waals surface area contributed by atoms with Crippen molar-refractivity contribution in [2.45, 2.75) is 15.1 Å². The van der Waals surface area contributed by atoms with Crippen LogP contribution in [0, 0.1) is 0 Å². The predicted octanol–water partition coefficient (Wildman–Crippen LogP) is -1.58. The fraction of sp³-hybridized carbons (Fsp3) is 0.250. The van der Waals surface area contributed by atoms with Gasteiger partial charge < -0.3 is 0 Å². The largest absolute Gasteiger partial charge is 0.501 e. The molecule has 28 heavy (non-hydrogen) atoms. The van der Waals surface area contributed by atoms with E-state index in [0.717, 1.165) is 18.8 Å². The van der Waals surface area contributed by atoms with Gasteiger partial charge in [0.1, 0.15) is 0 Å². The second kappa shape index (κ2) is 6.64. The van der Waals surface area contributed by atoms with Crippen LogP contribution in [-0.2, 0) is 29.5 Å². The van der Waals surface area contributed by atoms with Gasteiger partial charge in [0, 0.05) is 37.4 Å². The molecule has 3 rings (SSSR count). The van der Waals surface area contributed by atoms with Crippen LogP contribution in [0.3, 0.4) is 0 Å². The Hall–Kier alpha value is -2.30. The van der Waals surface area contributed by atoms with Crippen molar-refractivity contribution in [1.29, 1.82) is 0 Å². The summed E-state index contributed by atoms with van der Waals surface area (Å²) < 4.78 is 74.3. The maximum Gasteiger partial charge on any atom is 0.501 e. The lowest BCUT2D eigenvalue weighted by atomic mass is 10.8. The van der Waals surface area contributed by atoms with Gasteiger partial charge in [-0.3, -0.25) is 13.0 Å². The summed E-state index contributed by atoms with van der Waals surface area (Å²) in [6, 6.07) is 3.84. The van der Waals surface area contributed by atoms with Gasteiger partial charge >= 0.3 is 9.28 Å². The molecule has 0 saturated heterocycles. The van der Waals surface area contributed by atoms with Crippen molar-refractivity contribution in [1.82, 2.24) is 28.3 Å². The van der Waals surface area contributed by atoms with Crippen LogP contribution in [0.25, 0.3) is 0 Å². The Morgan fingerprint density at radius 3 is 1.04 bits per heavy atom. The minimum absolute atomic E-state index is 0.194. The van der Waals surface area contributed by atoms with E-state index < -0.39 is 38.8 Å². The first kappa shape index (κ1) is 20.4. The van der Waals surface area contributed by atoms with Gasteiger partial charge in [0.25, 0.3) is 0 Å². The van der Waals surface area contributed by atoms with Crippen molar-refractivity contribution in [3.05, 3.63) is 36.8 Å². The number of rotatable bonds is 6. The molecule has 0 bridgehead atoms. The Morgan fingerprint density at radius 2 is 0.857 bits per heavy atom. The highest BCUT2D eigenvalue weighted by Crippen LogP contribution is 2.11. The smallest absolute Gasteiger partial charge is 0.255 e. The maximum absolute atomic E-state index is 11.7. The molecule has 16 heteroatoms. The number of aromatic nitrogens is 6. The van der Waals surface area contributed by atoms with E-state index in [4.69, 9.17) is 0 Å². The molecule has 0 aliphatic rings. The standard InChI is InChI=1S/C12H15N6O6S3Si/c1-25(19,20)10-4-7-16(13-10)28(17-8-5-11(14-17)26(2,21)22)18-9-6-12(15-18)27(3,23)24/h4-9H,1-3H3. The SMILES string of the molecule is CS(=O)(=O)c1ccn([Si](n2ccc(S(C)(=O)=O)n2)n2ccc(S(C)(=O)=O)n2)n1. The van der Waals surface area contributed by atoms with E-state index in [1.807, 2.05) is 0 Å². The van der Waals surface area contributed by atoms with Crippen LogP contribution in [0.2, 0.25) is 0 Å². The van der Waals surface area contributed by atoms with Gasteiger partial charge in [0.05, 0.1) is 0 Å². The molecular formula is C12H15N6O6S3Si. The monoisotopic (exact) mass is 463 g/mol. The lowest BCUT2D eigenvalue weighted by Crippen LogP contribution is -2.43. The third-order valence-electron chi connectivity index (χ3n) is 3.45. The molecule has 0 unspecified atom stereocenters. The molecule has 0 atom stereocenters. The summed E-state index contributed by atoms with van der Waals surface area (Å²) in [4.78, 5) is 0. The highest BCUT2D eigenvalue weighted by Gasteiger charge is 2.29. The van der Waals surface area contributed by atoms with Crippen molar-refractivity contribution in [2.24, 2.45) is 0 Å². The molecule has 151 valence electrons. The number of hydrogen-bond acceptors (Lipinski definition) is 9. The van der Waals surface area contributed by atoms with Crippen LogP contribution in [0.4, 0.5) is 0 Å².